The molecule has 1 atom stereocenters. The fourth-order valence-corrected chi connectivity index (χ4v) is 5.45. The van der Waals surface area contributed by atoms with Crippen LogP contribution in [0.2, 0.25) is 0 Å². The summed E-state index contributed by atoms with van der Waals surface area (Å²) in [6.07, 6.45) is 3.58. The van der Waals surface area contributed by atoms with Gasteiger partial charge < -0.3 is 14.4 Å². The van der Waals surface area contributed by atoms with Gasteiger partial charge in [0.05, 0.1) is 13.2 Å². The molecule has 4 rings (SSSR count). The van der Waals surface area contributed by atoms with Gasteiger partial charge in [0.1, 0.15) is 5.66 Å². The Balaban J connectivity index is 1.63. The Kier molecular flexibility index (Phi) is 6.29. The minimum absolute atomic E-state index is 0.0498. The summed E-state index contributed by atoms with van der Waals surface area (Å²) in [6.45, 7) is 5.37. The molecule has 1 N–H and O–H groups in total. The molecule has 0 aliphatic carbocycles. The highest BCUT2D eigenvalue weighted by Gasteiger charge is 2.39. The highest BCUT2D eigenvalue weighted by Crippen LogP contribution is 2.57. The average molecular weight is 419 g/mol. The van der Waals surface area contributed by atoms with Gasteiger partial charge in [0, 0.05) is 11.6 Å². The van der Waals surface area contributed by atoms with Gasteiger partial charge in [0.15, 0.2) is 8.38 Å². The van der Waals surface area contributed by atoms with Crippen LogP contribution in [0, 0.1) is 5.41 Å². The highest BCUT2D eigenvalue weighted by atomic mass is 31.2. The minimum atomic E-state index is -1.40. The summed E-state index contributed by atoms with van der Waals surface area (Å²) in [5.41, 5.74) is 1.40. The molecular formula is C25H26NO3P. The number of carbonyl (C=O) groups is 1. The maximum Gasteiger partial charge on any atom is 0.240 e. The molecule has 5 heteroatoms. The number of fused-ring (bicyclic) bond motifs is 1. The zero-order valence-electron chi connectivity index (χ0n) is 17.2. The fraction of sp³-hybridized carbons (Fsp3) is 0.240. The summed E-state index contributed by atoms with van der Waals surface area (Å²) in [4.78, 5) is 13.3. The molecule has 0 aromatic heterocycles. The summed E-state index contributed by atoms with van der Waals surface area (Å²) in [5.74, 6) is -0.121. The van der Waals surface area contributed by atoms with E-state index in [2.05, 4.69) is 31.3 Å². The highest BCUT2D eigenvalue weighted by molar-refractivity contribution is 7.49. The van der Waals surface area contributed by atoms with Crippen molar-refractivity contribution in [1.29, 1.82) is 0 Å². The molecular weight excluding hydrogens is 393 g/mol. The Labute approximate surface area is 178 Å². The van der Waals surface area contributed by atoms with E-state index in [-0.39, 0.29) is 11.3 Å². The number of nitrogens with one attached hydrogen (secondary N) is 1. The molecule has 0 spiro atoms. The van der Waals surface area contributed by atoms with Crippen molar-refractivity contribution >= 4 is 31.1 Å². The third-order valence-electron chi connectivity index (χ3n) is 5.04. The van der Waals surface area contributed by atoms with Crippen molar-refractivity contribution in [3.8, 4) is 0 Å². The Morgan fingerprint density at radius 1 is 0.967 bits per heavy atom. The van der Waals surface area contributed by atoms with Crippen LogP contribution in [-0.4, -0.2) is 19.1 Å². The maximum atomic E-state index is 13.3. The first kappa shape index (κ1) is 20.7. The van der Waals surface area contributed by atoms with Gasteiger partial charge in [-0.3, -0.25) is 4.79 Å². The molecule has 1 aliphatic rings. The topological polar surface area (TPSA) is 47.6 Å². The number of hydrogen-bond acceptors (Lipinski definition) is 3. The van der Waals surface area contributed by atoms with E-state index in [4.69, 9.17) is 9.05 Å². The van der Waals surface area contributed by atoms with Crippen LogP contribution in [0.15, 0.2) is 79.0 Å². The van der Waals surface area contributed by atoms with Crippen LogP contribution >= 0.6 is 8.38 Å². The van der Waals surface area contributed by atoms with E-state index in [1.165, 1.54) is 0 Å². The molecule has 0 bridgehead atoms. The largest absolute Gasteiger partial charge is 0.333 e. The molecule has 4 nitrogen and oxygen atoms in total. The lowest BCUT2D eigenvalue weighted by Gasteiger charge is -2.36. The normalized spacial score (nSPS) is 17.8. The van der Waals surface area contributed by atoms with Crippen molar-refractivity contribution < 1.29 is 13.8 Å². The Bertz CT molecular complexity index is 1030. The van der Waals surface area contributed by atoms with Gasteiger partial charge in [0.25, 0.3) is 0 Å². The van der Waals surface area contributed by atoms with E-state index < -0.39 is 14.0 Å². The first-order chi connectivity index (χ1) is 14.5. The second-order valence-corrected chi connectivity index (χ2v) is 9.82. The lowest BCUT2D eigenvalue weighted by molar-refractivity contribution is -0.120. The predicted octanol–water partition coefficient (Wildman–Crippen LogP) is 6.05. The fourth-order valence-electron chi connectivity index (χ4n) is 3.41. The molecule has 1 fully saturated rings. The Hall–Kier alpha value is -2.52. The lowest BCUT2D eigenvalue weighted by Crippen LogP contribution is -2.32. The van der Waals surface area contributed by atoms with E-state index >= 15 is 0 Å². The molecule has 3 aromatic rings. The monoisotopic (exact) mass is 419 g/mol. The molecule has 0 radical (unpaired) electrons. The van der Waals surface area contributed by atoms with Gasteiger partial charge in [-0.05, 0) is 28.0 Å². The van der Waals surface area contributed by atoms with Crippen LogP contribution in [0.4, 0.5) is 0 Å². The van der Waals surface area contributed by atoms with Crippen LogP contribution in [0.5, 0.6) is 0 Å². The first-order valence-corrected chi connectivity index (χ1v) is 11.3. The van der Waals surface area contributed by atoms with E-state index in [9.17, 15) is 4.79 Å². The van der Waals surface area contributed by atoms with Crippen molar-refractivity contribution in [2.45, 2.75) is 19.5 Å². The second-order valence-electron chi connectivity index (χ2n) is 8.22. The molecule has 1 saturated heterocycles. The molecule has 1 amide bonds. The summed E-state index contributed by atoms with van der Waals surface area (Å²) in [6, 6.07) is 24.0. The van der Waals surface area contributed by atoms with Gasteiger partial charge in [-0.1, -0.05) is 86.6 Å². The van der Waals surface area contributed by atoms with Crippen molar-refractivity contribution in [2.75, 3.05) is 13.2 Å². The van der Waals surface area contributed by atoms with E-state index in [0.29, 0.717) is 13.2 Å². The number of rotatable bonds is 5. The Morgan fingerprint density at radius 3 is 2.40 bits per heavy atom. The maximum absolute atomic E-state index is 13.3. The van der Waals surface area contributed by atoms with Crippen LogP contribution in [0.3, 0.4) is 0 Å². The van der Waals surface area contributed by atoms with Crippen molar-refractivity contribution in [3.05, 3.63) is 90.1 Å². The first-order valence-electron chi connectivity index (χ1n) is 10.1. The van der Waals surface area contributed by atoms with Gasteiger partial charge in [-0.15, -0.1) is 0 Å². The molecule has 154 valence electrons. The van der Waals surface area contributed by atoms with E-state index in [1.54, 1.807) is 6.20 Å². The van der Waals surface area contributed by atoms with Crippen LogP contribution in [0.1, 0.15) is 30.6 Å². The van der Waals surface area contributed by atoms with E-state index in [1.807, 2.05) is 66.7 Å². The summed E-state index contributed by atoms with van der Waals surface area (Å²) >= 11 is 0. The smallest absolute Gasteiger partial charge is 0.240 e. The van der Waals surface area contributed by atoms with Crippen LogP contribution in [-0.2, 0) is 13.8 Å². The quantitative estimate of drug-likeness (QED) is 0.512. The summed E-state index contributed by atoms with van der Waals surface area (Å²) in [7, 11) is -1.40. The van der Waals surface area contributed by atoms with Crippen LogP contribution < -0.4 is 5.32 Å². The van der Waals surface area contributed by atoms with Gasteiger partial charge in [-0.2, -0.15) is 0 Å². The van der Waals surface area contributed by atoms with Gasteiger partial charge in [-0.25, -0.2) is 0 Å². The minimum Gasteiger partial charge on any atom is -0.333 e. The zero-order valence-corrected chi connectivity index (χ0v) is 18.1. The summed E-state index contributed by atoms with van der Waals surface area (Å²) in [5, 5.41) is 5.09. The number of amides is 1. The predicted molar refractivity (Wildman–Crippen MR) is 123 cm³/mol. The van der Waals surface area contributed by atoms with E-state index in [0.717, 1.165) is 21.9 Å². The van der Waals surface area contributed by atoms with Crippen LogP contribution in [0.25, 0.3) is 16.8 Å². The average Bonchev–Trinajstić information content (AvgIpc) is 2.76. The van der Waals surface area contributed by atoms with Gasteiger partial charge >= 0.3 is 0 Å². The molecule has 0 saturated carbocycles. The van der Waals surface area contributed by atoms with Crippen molar-refractivity contribution in [1.82, 2.24) is 5.32 Å². The standard InChI is InChI=1S/C25H26NO3P/c1-25(2)17-28-30(29-18-25)23(22-14-8-12-20-11-6-7-13-21(20)22)24(27)26-16-15-19-9-4-3-5-10-19/h3-16,23H,17-18H2,1-2H3,(H,26,27). The lowest BCUT2D eigenvalue weighted by atomic mass is 9.97. The SMILES string of the molecule is CC1(C)COP(C(C(=O)NC=Cc2ccccc2)c2cccc3ccccc23)OC1. The zero-order chi connectivity index (χ0) is 21.0. The molecule has 3 aromatic carbocycles. The molecule has 1 aliphatic heterocycles. The number of benzene rings is 3. The number of hydrogen-bond donors (Lipinski definition) is 1. The molecule has 1 unspecified atom stereocenters. The van der Waals surface area contributed by atoms with Crippen molar-refractivity contribution in [2.24, 2.45) is 5.41 Å². The molecule has 30 heavy (non-hydrogen) atoms. The van der Waals surface area contributed by atoms with Gasteiger partial charge in [0.2, 0.25) is 5.91 Å². The third-order valence-corrected chi connectivity index (χ3v) is 6.74. The number of carbonyl (C=O) groups excluding carboxylic acids is 1. The third kappa shape index (κ3) is 4.79. The summed E-state index contributed by atoms with van der Waals surface area (Å²) < 4.78 is 12.2. The Morgan fingerprint density at radius 2 is 1.63 bits per heavy atom. The molecule has 1 heterocycles. The van der Waals surface area contributed by atoms with Crippen molar-refractivity contribution in [3.63, 3.8) is 0 Å². The second kappa shape index (κ2) is 9.09.